The molecule has 5 nitrogen and oxygen atoms in total. The Balaban J connectivity index is 2.38. The predicted molar refractivity (Wildman–Crippen MR) is 86.2 cm³/mol. The molecule has 8 heteroatoms. The van der Waals surface area contributed by atoms with E-state index in [1.54, 1.807) is 0 Å². The molecule has 138 valence electrons. The van der Waals surface area contributed by atoms with E-state index >= 15 is 0 Å². The van der Waals surface area contributed by atoms with Crippen molar-refractivity contribution in [2.75, 3.05) is 0 Å². The van der Waals surface area contributed by atoms with Gasteiger partial charge in [-0.1, -0.05) is 31.9 Å². The third kappa shape index (κ3) is 3.63. The van der Waals surface area contributed by atoms with Crippen molar-refractivity contribution >= 4 is 11.6 Å². The summed E-state index contributed by atoms with van der Waals surface area (Å²) in [7, 11) is 0. The van der Waals surface area contributed by atoms with Crippen molar-refractivity contribution in [2.24, 2.45) is 5.10 Å². The van der Waals surface area contributed by atoms with Crippen molar-refractivity contribution in [1.29, 1.82) is 0 Å². The number of hydrazone groups is 1. The molecule has 1 aromatic carbocycles. The average Bonchev–Trinajstić information content (AvgIpc) is 2.88. The van der Waals surface area contributed by atoms with Gasteiger partial charge in [0.05, 0.1) is 5.56 Å². The number of nitrogens with zero attached hydrogens (tertiary/aromatic N) is 2. The largest absolute Gasteiger partial charge is 0.507 e. The van der Waals surface area contributed by atoms with Crippen molar-refractivity contribution < 1.29 is 28.2 Å². The van der Waals surface area contributed by atoms with Crippen LogP contribution in [-0.4, -0.2) is 38.7 Å². The second-order valence-corrected chi connectivity index (χ2v) is 6.20. The van der Waals surface area contributed by atoms with Gasteiger partial charge in [0.25, 0.3) is 11.6 Å². The summed E-state index contributed by atoms with van der Waals surface area (Å²) in [6, 6.07) is 4.16. The van der Waals surface area contributed by atoms with Gasteiger partial charge >= 0.3 is 6.18 Å². The second kappa shape index (κ2) is 7.03. The highest BCUT2D eigenvalue weighted by Crippen LogP contribution is 2.42. The lowest BCUT2D eigenvalue weighted by Gasteiger charge is -2.32. The Kier molecular flexibility index (Phi) is 5.41. The molecule has 0 fully saturated rings. The number of benzene rings is 1. The number of alkyl halides is 3. The summed E-state index contributed by atoms with van der Waals surface area (Å²) < 4.78 is 40.3. The summed E-state index contributed by atoms with van der Waals surface area (Å²) in [5, 5.41) is 24.0. The molecule has 2 N–H and O–H groups in total. The van der Waals surface area contributed by atoms with Gasteiger partial charge in [0, 0.05) is 12.1 Å². The zero-order valence-corrected chi connectivity index (χ0v) is 14.1. The van der Waals surface area contributed by atoms with E-state index in [-0.39, 0.29) is 22.7 Å². The number of hydrogen-bond acceptors (Lipinski definition) is 4. The molecule has 1 heterocycles. The minimum atomic E-state index is -5.07. The van der Waals surface area contributed by atoms with Crippen LogP contribution < -0.4 is 0 Å². The van der Waals surface area contributed by atoms with E-state index in [1.165, 1.54) is 25.1 Å². The maximum Gasteiger partial charge on any atom is 0.438 e. The molecule has 0 spiro atoms. The molecule has 0 radical (unpaired) electrons. The fourth-order valence-corrected chi connectivity index (χ4v) is 2.72. The highest BCUT2D eigenvalue weighted by atomic mass is 19.4. The minimum absolute atomic E-state index is 0.0583. The molecule has 0 saturated heterocycles. The van der Waals surface area contributed by atoms with E-state index in [9.17, 15) is 28.2 Å². The van der Waals surface area contributed by atoms with Gasteiger partial charge in [-0.2, -0.15) is 23.3 Å². The number of halogens is 3. The van der Waals surface area contributed by atoms with E-state index in [0.29, 0.717) is 12.0 Å². The Morgan fingerprint density at radius 3 is 2.64 bits per heavy atom. The van der Waals surface area contributed by atoms with Crippen molar-refractivity contribution in [3.63, 3.8) is 0 Å². The molecule has 0 aliphatic carbocycles. The molecule has 1 aromatic rings. The number of rotatable bonds is 5. The van der Waals surface area contributed by atoms with Crippen molar-refractivity contribution in [3.05, 3.63) is 29.3 Å². The fourth-order valence-electron chi connectivity index (χ4n) is 2.72. The molecule has 0 bridgehead atoms. The molecule has 0 aromatic heterocycles. The molecule has 1 aliphatic rings. The van der Waals surface area contributed by atoms with Gasteiger partial charge in [0.15, 0.2) is 0 Å². The van der Waals surface area contributed by atoms with Crippen LogP contribution in [0, 0.1) is 6.92 Å². The normalized spacial score (nSPS) is 20.7. The van der Waals surface area contributed by atoms with Crippen LogP contribution in [0.3, 0.4) is 0 Å². The lowest BCUT2D eigenvalue weighted by Crippen LogP contribution is -2.56. The van der Waals surface area contributed by atoms with Crippen LogP contribution in [0.5, 0.6) is 5.75 Å². The fraction of sp³-hybridized carbons (Fsp3) is 0.529. The first-order valence-electron chi connectivity index (χ1n) is 8.10. The van der Waals surface area contributed by atoms with Crippen LogP contribution in [0.4, 0.5) is 13.2 Å². The summed E-state index contributed by atoms with van der Waals surface area (Å²) in [6.07, 6.45) is -3.25. The summed E-state index contributed by atoms with van der Waals surface area (Å²) in [6.45, 7) is 3.48. The number of carbonyl (C=O) groups excluding carboxylic acids is 1. The molecule has 0 unspecified atom stereocenters. The number of unbranched alkanes of at least 4 members (excludes halogenated alkanes) is 2. The van der Waals surface area contributed by atoms with Gasteiger partial charge in [-0.25, -0.2) is 0 Å². The Bertz CT molecular complexity index is 688. The lowest BCUT2D eigenvalue weighted by atomic mass is 10.0. The quantitative estimate of drug-likeness (QED) is 0.788. The second-order valence-electron chi connectivity index (χ2n) is 6.20. The molecule has 1 amide bonds. The van der Waals surface area contributed by atoms with Crippen LogP contribution in [0.15, 0.2) is 23.3 Å². The average molecular weight is 358 g/mol. The first-order valence-corrected chi connectivity index (χ1v) is 8.10. The maximum absolute atomic E-state index is 13.4. The number of para-hydroxylation sites is 1. The summed E-state index contributed by atoms with van der Waals surface area (Å²) >= 11 is 0. The molecule has 1 aliphatic heterocycles. The van der Waals surface area contributed by atoms with Gasteiger partial charge < -0.3 is 10.2 Å². The number of aryl methyl sites for hydroxylation is 1. The van der Waals surface area contributed by atoms with Crippen molar-refractivity contribution in [1.82, 2.24) is 5.01 Å². The highest BCUT2D eigenvalue weighted by molar-refractivity contribution is 6.00. The molecule has 0 saturated carbocycles. The molecular formula is C17H21F3N2O3. The van der Waals surface area contributed by atoms with Crippen molar-refractivity contribution in [2.45, 2.75) is 57.9 Å². The van der Waals surface area contributed by atoms with Gasteiger partial charge in [0.1, 0.15) is 5.75 Å². The smallest absolute Gasteiger partial charge is 0.438 e. The van der Waals surface area contributed by atoms with Gasteiger partial charge in [-0.05, 0) is 31.4 Å². The van der Waals surface area contributed by atoms with Crippen LogP contribution >= 0.6 is 0 Å². The van der Waals surface area contributed by atoms with E-state index in [0.717, 1.165) is 12.8 Å². The monoisotopic (exact) mass is 358 g/mol. The van der Waals surface area contributed by atoms with E-state index in [2.05, 4.69) is 5.10 Å². The number of amides is 1. The SMILES string of the molecule is CCCCCC1=NN(C(=O)c2cccc(C)c2O)[C@](O)(C(F)(F)F)C1. The zero-order valence-electron chi connectivity index (χ0n) is 14.1. The molecule has 2 rings (SSSR count). The standard InChI is InChI=1S/C17H21F3N2O3/c1-3-4-5-8-12-10-16(25,17(18,19)20)22(21-12)15(24)13-9-6-7-11(2)14(13)23/h6-7,9,23,25H,3-5,8,10H2,1-2H3/t16-/m1/s1. The molecular weight excluding hydrogens is 337 g/mol. The van der Waals surface area contributed by atoms with E-state index < -0.39 is 30.0 Å². The summed E-state index contributed by atoms with van der Waals surface area (Å²) in [5.74, 6) is -1.61. The Hall–Kier alpha value is -2.09. The van der Waals surface area contributed by atoms with Gasteiger partial charge in [-0.3, -0.25) is 4.79 Å². The zero-order chi connectivity index (χ0) is 18.8. The minimum Gasteiger partial charge on any atom is -0.507 e. The van der Waals surface area contributed by atoms with Gasteiger partial charge in [0.2, 0.25) is 0 Å². The Morgan fingerprint density at radius 2 is 2.04 bits per heavy atom. The van der Waals surface area contributed by atoms with Crippen molar-refractivity contribution in [3.8, 4) is 5.75 Å². The number of aliphatic hydroxyl groups is 1. The Labute approximate surface area is 143 Å². The third-order valence-corrected chi connectivity index (χ3v) is 4.23. The summed E-state index contributed by atoms with van der Waals surface area (Å²) in [5.41, 5.74) is -3.27. The number of aromatic hydroxyl groups is 1. The molecule has 25 heavy (non-hydrogen) atoms. The van der Waals surface area contributed by atoms with Crippen LogP contribution in [0.1, 0.15) is 54.9 Å². The van der Waals surface area contributed by atoms with Gasteiger partial charge in [-0.15, -0.1) is 0 Å². The van der Waals surface area contributed by atoms with Crippen LogP contribution in [0.2, 0.25) is 0 Å². The lowest BCUT2D eigenvalue weighted by molar-refractivity contribution is -0.297. The van der Waals surface area contributed by atoms with E-state index in [1.807, 2.05) is 6.92 Å². The predicted octanol–water partition coefficient (Wildman–Crippen LogP) is 3.73. The highest BCUT2D eigenvalue weighted by Gasteiger charge is 2.63. The van der Waals surface area contributed by atoms with Crippen LogP contribution in [0.25, 0.3) is 0 Å². The third-order valence-electron chi connectivity index (χ3n) is 4.23. The first kappa shape index (κ1) is 19.2. The first-order chi connectivity index (χ1) is 11.6. The maximum atomic E-state index is 13.4. The Morgan fingerprint density at radius 1 is 1.36 bits per heavy atom. The van der Waals surface area contributed by atoms with Crippen LogP contribution in [-0.2, 0) is 0 Å². The number of carbonyl (C=O) groups is 1. The number of hydrogen-bond donors (Lipinski definition) is 2. The molecule has 1 atom stereocenters. The number of phenolic OH excluding ortho intramolecular Hbond substituents is 1. The topological polar surface area (TPSA) is 73.1 Å². The summed E-state index contributed by atoms with van der Waals surface area (Å²) in [4.78, 5) is 12.6. The van der Waals surface area contributed by atoms with E-state index in [4.69, 9.17) is 0 Å². The number of phenols is 1.